The molecule has 0 aromatic heterocycles. The minimum Gasteiger partial charge on any atom is -0.347 e. The first kappa shape index (κ1) is 9.71. The van der Waals surface area contributed by atoms with Gasteiger partial charge in [-0.15, -0.1) is 0 Å². The summed E-state index contributed by atoms with van der Waals surface area (Å²) >= 11 is 6.53. The van der Waals surface area contributed by atoms with Crippen molar-refractivity contribution in [1.29, 1.82) is 0 Å². The maximum absolute atomic E-state index is 5.50. The molecule has 0 spiro atoms. The van der Waals surface area contributed by atoms with E-state index in [0.717, 1.165) is 3.39 Å². The lowest BCUT2D eigenvalue weighted by Crippen LogP contribution is -2.20. The van der Waals surface area contributed by atoms with Gasteiger partial charge in [0.05, 0.1) is 10.00 Å². The number of rotatable bonds is 1. The Balaban J connectivity index is 2.49. The van der Waals surface area contributed by atoms with Crippen LogP contribution in [0.5, 0.6) is 0 Å². The monoisotopic (exact) mass is 284 g/mol. The minimum absolute atomic E-state index is 0.0544. The summed E-state index contributed by atoms with van der Waals surface area (Å²) in [6.07, 6.45) is 1.98. The van der Waals surface area contributed by atoms with Crippen molar-refractivity contribution in [2.24, 2.45) is 0 Å². The maximum atomic E-state index is 5.50. The van der Waals surface area contributed by atoms with Crippen LogP contribution in [-0.4, -0.2) is 18.5 Å². The second-order valence-electron chi connectivity index (χ2n) is 2.82. The maximum Gasteiger partial charge on any atom is 0.163 e. The highest BCUT2D eigenvalue weighted by Crippen LogP contribution is 2.25. The van der Waals surface area contributed by atoms with E-state index in [1.807, 2.05) is 19.9 Å². The number of hydrogen-bond acceptors (Lipinski definition) is 2. The highest BCUT2D eigenvalue weighted by Gasteiger charge is 2.31. The van der Waals surface area contributed by atoms with E-state index in [4.69, 9.17) is 9.47 Å². The zero-order chi connectivity index (χ0) is 8.48. The topological polar surface area (TPSA) is 18.5 Å². The molecular formula is C7H10Br2O2. The van der Waals surface area contributed by atoms with Crippen LogP contribution < -0.4 is 0 Å². The Kier molecular flexibility index (Phi) is 3.14. The average Bonchev–Trinajstić information content (AvgIpc) is 2.08. The normalized spacial score (nSPS) is 28.5. The Morgan fingerprint density at radius 2 is 2.18 bits per heavy atom. The van der Waals surface area contributed by atoms with Crippen LogP contribution in [0.25, 0.3) is 0 Å². The summed E-state index contributed by atoms with van der Waals surface area (Å²) in [6, 6.07) is 0. The van der Waals surface area contributed by atoms with Crippen LogP contribution in [0, 0.1) is 0 Å². The summed E-state index contributed by atoms with van der Waals surface area (Å²) in [4.78, 5) is 0. The van der Waals surface area contributed by atoms with Crippen LogP contribution in [0.1, 0.15) is 13.8 Å². The van der Waals surface area contributed by atoms with Gasteiger partial charge < -0.3 is 9.47 Å². The smallest absolute Gasteiger partial charge is 0.163 e. The van der Waals surface area contributed by atoms with Crippen LogP contribution >= 0.6 is 31.9 Å². The predicted octanol–water partition coefficient (Wildman–Crippen LogP) is 2.77. The Hall–Kier alpha value is 0.620. The van der Waals surface area contributed by atoms with Gasteiger partial charge >= 0.3 is 0 Å². The predicted molar refractivity (Wildman–Crippen MR) is 50.8 cm³/mol. The van der Waals surface area contributed by atoms with Crippen molar-refractivity contribution in [3.8, 4) is 0 Å². The van der Waals surface area contributed by atoms with Crippen molar-refractivity contribution in [2.45, 2.75) is 25.7 Å². The molecule has 4 heteroatoms. The summed E-state index contributed by atoms with van der Waals surface area (Å²) in [6.45, 7) is 4.43. The molecule has 64 valence electrons. The molecule has 11 heavy (non-hydrogen) atoms. The van der Waals surface area contributed by atoms with Crippen LogP contribution in [0.4, 0.5) is 0 Å². The molecule has 1 aliphatic rings. The molecule has 0 aromatic rings. The van der Waals surface area contributed by atoms with Gasteiger partial charge in [-0.05, 0) is 51.8 Å². The molecule has 0 N–H and O–H groups in total. The van der Waals surface area contributed by atoms with E-state index in [1.165, 1.54) is 0 Å². The first-order valence-electron chi connectivity index (χ1n) is 3.34. The fourth-order valence-corrected chi connectivity index (χ4v) is 1.53. The van der Waals surface area contributed by atoms with Crippen molar-refractivity contribution in [3.63, 3.8) is 0 Å². The van der Waals surface area contributed by atoms with Gasteiger partial charge in [0, 0.05) is 0 Å². The molecule has 1 fully saturated rings. The molecule has 0 amide bonds. The highest BCUT2D eigenvalue weighted by molar-refractivity contribution is 9.28. The van der Waals surface area contributed by atoms with Crippen LogP contribution in [-0.2, 0) is 9.47 Å². The lowest BCUT2D eigenvalue weighted by atomic mass is 10.4. The highest BCUT2D eigenvalue weighted by atomic mass is 79.9. The number of ether oxygens (including phenoxy) is 2. The fourth-order valence-electron chi connectivity index (χ4n) is 0.938. The largest absolute Gasteiger partial charge is 0.347 e. The van der Waals surface area contributed by atoms with E-state index in [-0.39, 0.29) is 6.10 Å². The standard InChI is InChI=1S/C7H10Br2O2/c1-7(2)10-4-5(11-7)3-6(8)9/h3,5H,4H2,1-2H3/t5-/m0/s1. The van der Waals surface area contributed by atoms with Crippen molar-refractivity contribution in [3.05, 3.63) is 9.47 Å². The molecule has 0 unspecified atom stereocenters. The molecule has 1 saturated heterocycles. The molecule has 0 saturated carbocycles. The second-order valence-corrected chi connectivity index (χ2v) is 5.60. The van der Waals surface area contributed by atoms with Gasteiger partial charge in [0.1, 0.15) is 6.10 Å². The SMILES string of the molecule is CC1(C)OC[C@H](C=C(Br)Br)O1. The van der Waals surface area contributed by atoms with Crippen molar-refractivity contribution in [1.82, 2.24) is 0 Å². The zero-order valence-corrected chi connectivity index (χ0v) is 9.61. The molecule has 0 aromatic carbocycles. The van der Waals surface area contributed by atoms with E-state index in [0.29, 0.717) is 6.61 Å². The summed E-state index contributed by atoms with van der Waals surface area (Å²) in [5.41, 5.74) is 0. The Morgan fingerprint density at radius 1 is 1.55 bits per heavy atom. The zero-order valence-electron chi connectivity index (χ0n) is 6.43. The van der Waals surface area contributed by atoms with Crippen LogP contribution in [0.3, 0.4) is 0 Å². The van der Waals surface area contributed by atoms with Crippen molar-refractivity contribution >= 4 is 31.9 Å². The molecule has 1 aliphatic heterocycles. The summed E-state index contributed by atoms with van der Waals surface area (Å²) < 4.78 is 11.7. The van der Waals surface area contributed by atoms with Crippen molar-refractivity contribution < 1.29 is 9.47 Å². The Morgan fingerprint density at radius 3 is 2.55 bits per heavy atom. The van der Waals surface area contributed by atoms with E-state index in [1.54, 1.807) is 0 Å². The van der Waals surface area contributed by atoms with Crippen LogP contribution in [0.15, 0.2) is 9.47 Å². The first-order valence-corrected chi connectivity index (χ1v) is 4.93. The Bertz CT molecular complexity index is 173. The molecule has 1 heterocycles. The molecule has 1 rings (SSSR count). The van der Waals surface area contributed by atoms with Gasteiger partial charge in [0.15, 0.2) is 5.79 Å². The van der Waals surface area contributed by atoms with E-state index < -0.39 is 5.79 Å². The summed E-state index contributed by atoms with van der Waals surface area (Å²) in [5, 5.41) is 0. The number of hydrogen-bond donors (Lipinski definition) is 0. The summed E-state index contributed by atoms with van der Waals surface area (Å²) in [5.74, 6) is -0.434. The second kappa shape index (κ2) is 3.56. The van der Waals surface area contributed by atoms with Gasteiger partial charge in [0.2, 0.25) is 0 Å². The average molecular weight is 286 g/mol. The lowest BCUT2D eigenvalue weighted by Gasteiger charge is -2.15. The van der Waals surface area contributed by atoms with E-state index in [2.05, 4.69) is 31.9 Å². The first-order chi connectivity index (χ1) is 4.99. The van der Waals surface area contributed by atoms with Crippen molar-refractivity contribution in [2.75, 3.05) is 6.61 Å². The van der Waals surface area contributed by atoms with Gasteiger partial charge in [-0.1, -0.05) is 0 Å². The summed E-state index contributed by atoms with van der Waals surface area (Å²) in [7, 11) is 0. The molecule has 0 radical (unpaired) electrons. The van der Waals surface area contributed by atoms with Gasteiger partial charge in [0.25, 0.3) is 0 Å². The van der Waals surface area contributed by atoms with Gasteiger partial charge in [-0.2, -0.15) is 0 Å². The molecule has 0 aliphatic carbocycles. The fraction of sp³-hybridized carbons (Fsp3) is 0.714. The van der Waals surface area contributed by atoms with Crippen LogP contribution in [0.2, 0.25) is 0 Å². The van der Waals surface area contributed by atoms with Gasteiger partial charge in [-0.25, -0.2) is 0 Å². The Labute approximate surface area is 83.2 Å². The van der Waals surface area contributed by atoms with Gasteiger partial charge in [-0.3, -0.25) is 0 Å². The lowest BCUT2D eigenvalue weighted by molar-refractivity contribution is -0.133. The third-order valence-electron chi connectivity index (χ3n) is 1.34. The quantitative estimate of drug-likeness (QED) is 0.738. The third-order valence-corrected chi connectivity index (χ3v) is 1.87. The molecule has 2 nitrogen and oxygen atoms in total. The minimum atomic E-state index is -0.434. The molecule has 0 bridgehead atoms. The molecular weight excluding hydrogens is 276 g/mol. The molecule has 1 atom stereocenters. The number of halogens is 2. The third kappa shape index (κ3) is 3.23. The van der Waals surface area contributed by atoms with E-state index in [9.17, 15) is 0 Å². The van der Waals surface area contributed by atoms with E-state index >= 15 is 0 Å².